The lowest BCUT2D eigenvalue weighted by Crippen LogP contribution is -2.56. The second-order valence-corrected chi connectivity index (χ2v) is 11.7. The number of aliphatic hydroxyl groups is 1. The van der Waals surface area contributed by atoms with Gasteiger partial charge >= 0.3 is 0 Å². The minimum Gasteiger partial charge on any atom is -0.384 e. The van der Waals surface area contributed by atoms with Crippen molar-refractivity contribution >= 4 is 17.9 Å². The van der Waals surface area contributed by atoms with Crippen molar-refractivity contribution in [3.63, 3.8) is 0 Å². The topological polar surface area (TPSA) is 40.5 Å². The Labute approximate surface area is 178 Å². The van der Waals surface area contributed by atoms with E-state index in [9.17, 15) is 5.11 Å². The molecule has 1 spiro atoms. The van der Waals surface area contributed by atoms with Gasteiger partial charge in [-0.1, -0.05) is 66.7 Å². The highest BCUT2D eigenvalue weighted by Crippen LogP contribution is 2.65. The number of benzene rings is 3. The SMILES string of the molecule is CC1N(P(=O)(c2ccccc2)c2ccccc2)CC(O)(c2ccccc2)CC12CC2. The average molecular weight is 417 g/mol. The number of β-amino-alcohol motifs (C(OH)–C–C–N with tert-alkyl or cyclic N) is 1. The van der Waals surface area contributed by atoms with Crippen LogP contribution < -0.4 is 10.6 Å². The van der Waals surface area contributed by atoms with Gasteiger partial charge in [0.05, 0.1) is 0 Å². The predicted octanol–water partition coefficient (Wildman–Crippen LogP) is 4.68. The van der Waals surface area contributed by atoms with Crippen molar-refractivity contribution in [2.24, 2.45) is 5.41 Å². The summed E-state index contributed by atoms with van der Waals surface area (Å²) in [5.41, 5.74) is -0.0770. The Balaban J connectivity index is 1.68. The van der Waals surface area contributed by atoms with Gasteiger partial charge in [0, 0.05) is 23.2 Å². The van der Waals surface area contributed by atoms with Gasteiger partial charge in [0.2, 0.25) is 7.29 Å². The highest BCUT2D eigenvalue weighted by molar-refractivity contribution is 7.76. The molecule has 1 aliphatic carbocycles. The molecule has 0 aromatic heterocycles. The summed E-state index contributed by atoms with van der Waals surface area (Å²) < 4.78 is 17.2. The van der Waals surface area contributed by atoms with Crippen molar-refractivity contribution in [3.05, 3.63) is 96.6 Å². The van der Waals surface area contributed by atoms with Crippen LogP contribution >= 0.6 is 7.29 Å². The van der Waals surface area contributed by atoms with Crippen molar-refractivity contribution < 1.29 is 9.67 Å². The van der Waals surface area contributed by atoms with Crippen molar-refractivity contribution in [1.82, 2.24) is 4.67 Å². The van der Waals surface area contributed by atoms with Crippen LogP contribution in [0.5, 0.6) is 0 Å². The maximum absolute atomic E-state index is 15.0. The van der Waals surface area contributed by atoms with Crippen LogP contribution in [-0.4, -0.2) is 22.4 Å². The molecule has 2 fully saturated rings. The quantitative estimate of drug-likeness (QED) is 0.627. The molecule has 0 radical (unpaired) electrons. The minimum absolute atomic E-state index is 0.0159. The zero-order chi connectivity index (χ0) is 20.8. The van der Waals surface area contributed by atoms with E-state index in [0.717, 1.165) is 35.4 Å². The fourth-order valence-corrected chi connectivity index (χ4v) is 8.46. The lowest BCUT2D eigenvalue weighted by atomic mass is 9.76. The molecule has 3 nitrogen and oxygen atoms in total. The normalized spacial score (nSPS) is 25.9. The Bertz CT molecular complexity index is 1020. The van der Waals surface area contributed by atoms with E-state index in [1.807, 2.05) is 91.0 Å². The first kappa shape index (κ1) is 19.8. The van der Waals surface area contributed by atoms with E-state index in [-0.39, 0.29) is 11.5 Å². The molecule has 30 heavy (non-hydrogen) atoms. The predicted molar refractivity (Wildman–Crippen MR) is 123 cm³/mol. The van der Waals surface area contributed by atoms with Gasteiger partial charge in [-0.2, -0.15) is 0 Å². The molecule has 5 rings (SSSR count). The van der Waals surface area contributed by atoms with Crippen molar-refractivity contribution in [2.45, 2.75) is 37.8 Å². The van der Waals surface area contributed by atoms with Crippen LogP contribution in [0.1, 0.15) is 31.7 Å². The van der Waals surface area contributed by atoms with Crippen LogP contribution in [-0.2, 0) is 10.2 Å². The van der Waals surface area contributed by atoms with E-state index in [1.54, 1.807) is 0 Å². The first-order valence-electron chi connectivity index (χ1n) is 10.7. The first-order chi connectivity index (χ1) is 14.5. The van der Waals surface area contributed by atoms with Crippen LogP contribution in [0.25, 0.3) is 0 Å². The van der Waals surface area contributed by atoms with Gasteiger partial charge in [0.25, 0.3) is 0 Å². The van der Waals surface area contributed by atoms with Crippen LogP contribution in [0.4, 0.5) is 0 Å². The first-order valence-corrected chi connectivity index (χ1v) is 12.4. The second-order valence-electron chi connectivity index (χ2n) is 8.96. The summed E-state index contributed by atoms with van der Waals surface area (Å²) in [6.45, 7) is 2.57. The van der Waals surface area contributed by atoms with E-state index >= 15 is 4.57 Å². The van der Waals surface area contributed by atoms with E-state index in [4.69, 9.17) is 0 Å². The van der Waals surface area contributed by atoms with E-state index in [2.05, 4.69) is 11.6 Å². The maximum Gasteiger partial charge on any atom is 0.207 e. The largest absolute Gasteiger partial charge is 0.384 e. The van der Waals surface area contributed by atoms with Crippen molar-refractivity contribution in [2.75, 3.05) is 6.54 Å². The Kier molecular flexibility index (Phi) is 4.74. The third kappa shape index (κ3) is 3.08. The third-order valence-corrected chi connectivity index (χ3v) is 10.4. The smallest absolute Gasteiger partial charge is 0.207 e. The van der Waals surface area contributed by atoms with E-state index < -0.39 is 12.9 Å². The molecule has 1 aliphatic heterocycles. The molecule has 2 unspecified atom stereocenters. The van der Waals surface area contributed by atoms with Crippen molar-refractivity contribution in [3.8, 4) is 0 Å². The molecule has 0 bridgehead atoms. The number of hydrogen-bond acceptors (Lipinski definition) is 2. The fourth-order valence-electron chi connectivity index (χ4n) is 5.25. The number of piperidine rings is 1. The van der Waals surface area contributed by atoms with E-state index in [1.165, 1.54) is 0 Å². The summed E-state index contributed by atoms with van der Waals surface area (Å²) in [6, 6.07) is 29.7. The molecule has 2 atom stereocenters. The molecule has 1 saturated heterocycles. The summed E-state index contributed by atoms with van der Waals surface area (Å²) in [6.07, 6.45) is 2.87. The number of rotatable bonds is 4. The summed E-state index contributed by atoms with van der Waals surface area (Å²) in [4.78, 5) is 0. The molecule has 3 aromatic rings. The highest BCUT2D eigenvalue weighted by atomic mass is 31.2. The van der Waals surface area contributed by atoms with E-state index in [0.29, 0.717) is 6.54 Å². The Hall–Kier alpha value is -2.19. The number of hydrogen-bond donors (Lipinski definition) is 1. The Morgan fingerprint density at radius 2 is 1.30 bits per heavy atom. The average Bonchev–Trinajstić information content (AvgIpc) is 3.57. The highest BCUT2D eigenvalue weighted by Gasteiger charge is 2.61. The second kappa shape index (κ2) is 7.20. The molecule has 154 valence electrons. The van der Waals surface area contributed by atoms with Gasteiger partial charge in [0.1, 0.15) is 5.60 Å². The molecule has 3 aromatic carbocycles. The number of nitrogens with zero attached hydrogens (tertiary/aromatic N) is 1. The molecular formula is C26H28NO2P. The Morgan fingerprint density at radius 3 is 1.77 bits per heavy atom. The molecular weight excluding hydrogens is 389 g/mol. The molecule has 1 saturated carbocycles. The lowest BCUT2D eigenvalue weighted by molar-refractivity contribution is -0.0603. The van der Waals surface area contributed by atoms with Gasteiger partial charge < -0.3 is 5.11 Å². The molecule has 2 aliphatic rings. The van der Waals surface area contributed by atoms with Crippen LogP contribution in [0.3, 0.4) is 0 Å². The van der Waals surface area contributed by atoms with Crippen LogP contribution in [0, 0.1) is 5.41 Å². The van der Waals surface area contributed by atoms with Gasteiger partial charge in [-0.15, -0.1) is 0 Å². The Morgan fingerprint density at radius 1 is 0.833 bits per heavy atom. The summed E-state index contributed by atoms with van der Waals surface area (Å²) >= 11 is 0. The zero-order valence-corrected chi connectivity index (χ0v) is 18.2. The standard InChI is InChI=1S/C26H28NO2P/c1-21-25(17-18-25)19-26(28,22-11-5-2-6-12-22)20-27(21)30(29,23-13-7-3-8-14-23)24-15-9-4-10-16-24/h2-16,21,28H,17-20H2,1H3. The molecule has 1 heterocycles. The van der Waals surface area contributed by atoms with Gasteiger partial charge in [-0.25, -0.2) is 4.67 Å². The molecule has 0 amide bonds. The molecule has 1 N–H and O–H groups in total. The van der Waals surface area contributed by atoms with Crippen LogP contribution in [0.2, 0.25) is 0 Å². The van der Waals surface area contributed by atoms with Gasteiger partial charge in [-0.05, 0) is 61.4 Å². The lowest BCUT2D eigenvalue weighted by Gasteiger charge is -2.51. The summed E-state index contributed by atoms with van der Waals surface area (Å²) in [5, 5.41) is 13.6. The maximum atomic E-state index is 15.0. The summed E-state index contributed by atoms with van der Waals surface area (Å²) in [5.74, 6) is 0. The monoisotopic (exact) mass is 417 g/mol. The minimum atomic E-state index is -3.12. The zero-order valence-electron chi connectivity index (χ0n) is 17.3. The fraction of sp³-hybridized carbons (Fsp3) is 0.308. The molecule has 4 heteroatoms. The summed E-state index contributed by atoms with van der Waals surface area (Å²) in [7, 11) is -3.12. The third-order valence-electron chi connectivity index (χ3n) is 7.18. The van der Waals surface area contributed by atoms with Gasteiger partial charge in [-0.3, -0.25) is 4.57 Å². The van der Waals surface area contributed by atoms with Gasteiger partial charge in [0.15, 0.2) is 0 Å². The van der Waals surface area contributed by atoms with Crippen molar-refractivity contribution in [1.29, 1.82) is 0 Å². The van der Waals surface area contributed by atoms with Crippen LogP contribution in [0.15, 0.2) is 91.0 Å².